The van der Waals surface area contributed by atoms with E-state index in [1.807, 2.05) is 24.8 Å². The summed E-state index contributed by atoms with van der Waals surface area (Å²) >= 11 is 0. The molecule has 6 heteroatoms. The SMILES string of the molecule is Cc1cc(C)n2ncc(C(=O)N3CCCC3c3ccc(F)cc3)c2n1. The maximum atomic E-state index is 13.2. The molecule has 1 atom stereocenters. The molecule has 1 aliphatic rings. The molecule has 0 saturated carbocycles. The Balaban J connectivity index is 1.71. The monoisotopic (exact) mass is 338 g/mol. The Kier molecular flexibility index (Phi) is 3.75. The summed E-state index contributed by atoms with van der Waals surface area (Å²) in [5.74, 6) is -0.336. The van der Waals surface area contributed by atoms with Crippen LogP contribution in [-0.2, 0) is 0 Å². The zero-order valence-corrected chi connectivity index (χ0v) is 14.2. The largest absolute Gasteiger partial charge is 0.331 e. The van der Waals surface area contributed by atoms with Gasteiger partial charge in [-0.2, -0.15) is 5.10 Å². The van der Waals surface area contributed by atoms with E-state index in [1.165, 1.54) is 12.1 Å². The smallest absolute Gasteiger partial charge is 0.259 e. The van der Waals surface area contributed by atoms with Gasteiger partial charge in [0.2, 0.25) is 0 Å². The molecule has 1 fully saturated rings. The number of hydrogen-bond donors (Lipinski definition) is 0. The summed E-state index contributed by atoms with van der Waals surface area (Å²) in [5.41, 5.74) is 3.87. The minimum Gasteiger partial charge on any atom is -0.331 e. The lowest BCUT2D eigenvalue weighted by atomic mass is 10.0. The van der Waals surface area contributed by atoms with Crippen LogP contribution >= 0.6 is 0 Å². The van der Waals surface area contributed by atoms with E-state index in [2.05, 4.69) is 10.1 Å². The number of likely N-dealkylation sites (tertiary alicyclic amines) is 1. The number of benzene rings is 1. The molecule has 0 bridgehead atoms. The summed E-state index contributed by atoms with van der Waals surface area (Å²) in [4.78, 5) is 19.5. The predicted octanol–water partition coefficient (Wildman–Crippen LogP) is 3.46. The van der Waals surface area contributed by atoms with Gasteiger partial charge in [0.25, 0.3) is 5.91 Å². The van der Waals surface area contributed by atoms with Crippen molar-refractivity contribution in [3.8, 4) is 0 Å². The van der Waals surface area contributed by atoms with Crippen molar-refractivity contribution in [2.24, 2.45) is 0 Å². The number of halogens is 1. The predicted molar refractivity (Wildman–Crippen MR) is 91.9 cm³/mol. The second-order valence-electron chi connectivity index (χ2n) is 6.54. The molecule has 1 saturated heterocycles. The molecule has 4 rings (SSSR count). The van der Waals surface area contributed by atoms with E-state index in [9.17, 15) is 9.18 Å². The zero-order chi connectivity index (χ0) is 17.6. The van der Waals surface area contributed by atoms with E-state index in [-0.39, 0.29) is 17.8 Å². The van der Waals surface area contributed by atoms with Crippen LogP contribution in [0.25, 0.3) is 5.65 Å². The highest BCUT2D eigenvalue weighted by Crippen LogP contribution is 2.33. The van der Waals surface area contributed by atoms with Crippen LogP contribution in [0.2, 0.25) is 0 Å². The Hall–Kier alpha value is -2.76. The van der Waals surface area contributed by atoms with Gasteiger partial charge in [-0.05, 0) is 50.5 Å². The van der Waals surface area contributed by atoms with Crippen molar-refractivity contribution < 1.29 is 9.18 Å². The lowest BCUT2D eigenvalue weighted by molar-refractivity contribution is 0.0737. The summed E-state index contributed by atoms with van der Waals surface area (Å²) in [6.45, 7) is 4.54. The maximum absolute atomic E-state index is 13.2. The van der Waals surface area contributed by atoms with Crippen LogP contribution < -0.4 is 0 Å². The van der Waals surface area contributed by atoms with Gasteiger partial charge in [-0.15, -0.1) is 0 Å². The lowest BCUT2D eigenvalue weighted by Crippen LogP contribution is -2.30. The number of rotatable bonds is 2. The number of aryl methyl sites for hydroxylation is 2. The number of fused-ring (bicyclic) bond motifs is 1. The van der Waals surface area contributed by atoms with Crippen molar-refractivity contribution >= 4 is 11.6 Å². The third kappa shape index (κ3) is 2.67. The first kappa shape index (κ1) is 15.7. The molecule has 1 amide bonds. The summed E-state index contributed by atoms with van der Waals surface area (Å²) in [6, 6.07) is 8.31. The van der Waals surface area contributed by atoms with Gasteiger partial charge in [0.05, 0.1) is 12.2 Å². The molecule has 0 aliphatic carbocycles. The first-order valence-corrected chi connectivity index (χ1v) is 8.43. The Labute approximate surface area is 145 Å². The highest BCUT2D eigenvalue weighted by Gasteiger charge is 2.32. The fraction of sp³-hybridized carbons (Fsp3) is 0.316. The molecule has 25 heavy (non-hydrogen) atoms. The van der Waals surface area contributed by atoms with Crippen LogP contribution in [-0.4, -0.2) is 31.9 Å². The van der Waals surface area contributed by atoms with E-state index < -0.39 is 0 Å². The van der Waals surface area contributed by atoms with Crippen LogP contribution in [0, 0.1) is 19.7 Å². The lowest BCUT2D eigenvalue weighted by Gasteiger charge is -2.24. The zero-order valence-electron chi connectivity index (χ0n) is 14.2. The van der Waals surface area contributed by atoms with Gasteiger partial charge >= 0.3 is 0 Å². The Morgan fingerprint density at radius 1 is 1.24 bits per heavy atom. The molecular formula is C19H19FN4O. The molecule has 5 nitrogen and oxygen atoms in total. The van der Waals surface area contributed by atoms with Crippen molar-refractivity contribution in [3.63, 3.8) is 0 Å². The number of nitrogens with zero attached hydrogens (tertiary/aromatic N) is 4. The Morgan fingerprint density at radius 3 is 2.76 bits per heavy atom. The van der Waals surface area contributed by atoms with E-state index in [1.54, 1.807) is 22.8 Å². The first-order chi connectivity index (χ1) is 12.0. The molecule has 0 N–H and O–H groups in total. The minimum atomic E-state index is -0.266. The molecule has 1 unspecified atom stereocenters. The van der Waals surface area contributed by atoms with Crippen molar-refractivity contribution in [1.29, 1.82) is 0 Å². The van der Waals surface area contributed by atoms with Gasteiger partial charge < -0.3 is 4.90 Å². The van der Waals surface area contributed by atoms with E-state index >= 15 is 0 Å². The van der Waals surface area contributed by atoms with Gasteiger partial charge in [-0.1, -0.05) is 12.1 Å². The maximum Gasteiger partial charge on any atom is 0.259 e. The third-order valence-electron chi connectivity index (χ3n) is 4.78. The second-order valence-corrected chi connectivity index (χ2v) is 6.54. The highest BCUT2D eigenvalue weighted by molar-refractivity contribution is 6.00. The second kappa shape index (κ2) is 5.95. The van der Waals surface area contributed by atoms with Gasteiger partial charge in [0.15, 0.2) is 5.65 Å². The normalized spacial score (nSPS) is 17.4. The van der Waals surface area contributed by atoms with Gasteiger partial charge in [0.1, 0.15) is 11.4 Å². The molecule has 0 radical (unpaired) electrons. The molecule has 128 valence electrons. The van der Waals surface area contributed by atoms with E-state index in [4.69, 9.17) is 0 Å². The number of aromatic nitrogens is 3. The van der Waals surface area contributed by atoms with Gasteiger partial charge in [0, 0.05) is 17.9 Å². The quantitative estimate of drug-likeness (QED) is 0.719. The summed E-state index contributed by atoms with van der Waals surface area (Å²) < 4.78 is 14.9. The van der Waals surface area contributed by atoms with Crippen LogP contribution in [0.5, 0.6) is 0 Å². The minimum absolute atomic E-state index is 0.0334. The fourth-order valence-electron chi connectivity index (χ4n) is 3.62. The van der Waals surface area contributed by atoms with Crippen LogP contribution in [0.3, 0.4) is 0 Å². The topological polar surface area (TPSA) is 50.5 Å². The Bertz CT molecular complexity index is 948. The number of carbonyl (C=O) groups excluding carboxylic acids is 1. The van der Waals surface area contributed by atoms with Crippen molar-refractivity contribution in [2.75, 3.05) is 6.54 Å². The summed E-state index contributed by atoms with van der Waals surface area (Å²) in [6.07, 6.45) is 3.40. The average Bonchev–Trinajstić information content (AvgIpc) is 3.22. The molecule has 3 aromatic rings. The molecule has 0 spiro atoms. The van der Waals surface area contributed by atoms with E-state index in [0.717, 1.165) is 29.8 Å². The molecule has 2 aromatic heterocycles. The number of carbonyl (C=O) groups is 1. The van der Waals surface area contributed by atoms with E-state index in [0.29, 0.717) is 17.8 Å². The van der Waals surface area contributed by atoms with Crippen molar-refractivity contribution in [2.45, 2.75) is 32.7 Å². The summed E-state index contributed by atoms with van der Waals surface area (Å²) in [5, 5.41) is 4.32. The van der Waals surface area contributed by atoms with Crippen LogP contribution in [0.4, 0.5) is 4.39 Å². The van der Waals surface area contributed by atoms with Crippen molar-refractivity contribution in [1.82, 2.24) is 19.5 Å². The average molecular weight is 338 g/mol. The third-order valence-corrected chi connectivity index (χ3v) is 4.78. The van der Waals surface area contributed by atoms with Crippen LogP contribution in [0.1, 0.15) is 46.2 Å². The first-order valence-electron chi connectivity index (χ1n) is 8.43. The van der Waals surface area contributed by atoms with Gasteiger partial charge in [-0.25, -0.2) is 13.9 Å². The number of amides is 1. The number of hydrogen-bond acceptors (Lipinski definition) is 3. The standard InChI is InChI=1S/C19H19FN4O/c1-12-10-13(2)24-18(22-12)16(11-21-24)19(25)23-9-3-4-17(23)14-5-7-15(20)8-6-14/h5-8,10-11,17H,3-4,9H2,1-2H3. The molecular weight excluding hydrogens is 319 g/mol. The Morgan fingerprint density at radius 2 is 2.00 bits per heavy atom. The highest BCUT2D eigenvalue weighted by atomic mass is 19.1. The molecule has 1 aliphatic heterocycles. The van der Waals surface area contributed by atoms with Gasteiger partial charge in [-0.3, -0.25) is 4.79 Å². The fourth-order valence-corrected chi connectivity index (χ4v) is 3.62. The molecule has 1 aromatic carbocycles. The molecule has 3 heterocycles. The summed E-state index contributed by atoms with van der Waals surface area (Å²) in [7, 11) is 0. The van der Waals surface area contributed by atoms with Crippen molar-refractivity contribution in [3.05, 3.63) is 64.9 Å². The van der Waals surface area contributed by atoms with Crippen LogP contribution in [0.15, 0.2) is 36.5 Å².